The Labute approximate surface area is 205 Å². The van der Waals surface area contributed by atoms with Crippen molar-refractivity contribution in [1.29, 1.82) is 0 Å². The largest absolute Gasteiger partial charge is 0.357 e. The molecule has 3 amide bonds. The van der Waals surface area contributed by atoms with Gasteiger partial charge in [0.15, 0.2) is 5.96 Å². The monoisotopic (exact) mass is 551 g/mol. The summed E-state index contributed by atoms with van der Waals surface area (Å²) in [4.78, 5) is 43.3. The molecular weight excluding hydrogens is 521 g/mol. The van der Waals surface area contributed by atoms with Crippen LogP contribution in [0.5, 0.6) is 0 Å². The summed E-state index contributed by atoms with van der Waals surface area (Å²) >= 11 is 0. The summed E-state index contributed by atoms with van der Waals surface area (Å²) in [6.45, 7) is 3.83. The Balaban J connectivity index is 0.00000289. The number of benzene rings is 1. The van der Waals surface area contributed by atoms with Crippen molar-refractivity contribution < 1.29 is 14.4 Å². The SMILES string of the molecule is CCNC(=NCc1cccc(C(=O)NC)c1)NCCN1C(=O)C2C3C=CC(C3)C2C1=O.I. The van der Waals surface area contributed by atoms with Crippen LogP contribution in [-0.2, 0) is 16.1 Å². The highest BCUT2D eigenvalue weighted by molar-refractivity contribution is 14.0. The molecule has 8 nitrogen and oxygen atoms in total. The van der Waals surface area contributed by atoms with E-state index >= 15 is 0 Å². The number of likely N-dealkylation sites (tertiary alicyclic amines) is 1. The van der Waals surface area contributed by atoms with Gasteiger partial charge in [0.2, 0.25) is 11.8 Å². The minimum atomic E-state index is -0.156. The molecule has 4 rings (SSSR count). The van der Waals surface area contributed by atoms with Gasteiger partial charge in [0, 0.05) is 32.2 Å². The maximum Gasteiger partial charge on any atom is 0.251 e. The number of carbonyl (C=O) groups is 3. The number of allylic oxidation sites excluding steroid dienone is 2. The molecule has 3 aliphatic rings. The maximum absolute atomic E-state index is 12.8. The summed E-state index contributed by atoms with van der Waals surface area (Å²) in [5, 5.41) is 9.00. The van der Waals surface area contributed by atoms with Gasteiger partial charge in [-0.1, -0.05) is 24.3 Å². The molecule has 2 fully saturated rings. The quantitative estimate of drug-likeness (QED) is 0.157. The molecule has 0 spiro atoms. The number of nitrogens with zero attached hydrogens (tertiary/aromatic N) is 2. The molecule has 1 aliphatic heterocycles. The summed E-state index contributed by atoms with van der Waals surface area (Å²) in [6, 6.07) is 7.33. The lowest BCUT2D eigenvalue weighted by molar-refractivity contribution is -0.140. The molecule has 9 heteroatoms. The van der Waals surface area contributed by atoms with Gasteiger partial charge in [-0.15, -0.1) is 24.0 Å². The average molecular weight is 551 g/mol. The molecule has 0 aromatic heterocycles. The van der Waals surface area contributed by atoms with E-state index in [9.17, 15) is 14.4 Å². The standard InChI is InChI=1S/C23H29N5O3.HI/c1-3-25-23(27-13-14-5-4-6-17(11-14)20(29)24-2)26-9-10-28-21(30)18-15-7-8-16(12-15)19(18)22(28)31;/h4-8,11,15-16,18-19H,3,9-10,12-13H2,1-2H3,(H,24,29)(H2,25,26,27);1H. The highest BCUT2D eigenvalue weighted by Gasteiger charge is 2.58. The van der Waals surface area contributed by atoms with Crippen LogP contribution in [0.2, 0.25) is 0 Å². The maximum atomic E-state index is 12.8. The van der Waals surface area contributed by atoms with Crippen LogP contribution in [0.3, 0.4) is 0 Å². The molecule has 4 atom stereocenters. The van der Waals surface area contributed by atoms with E-state index in [0.29, 0.717) is 37.7 Å². The summed E-state index contributed by atoms with van der Waals surface area (Å²) in [6.07, 6.45) is 5.15. The molecule has 2 bridgehead atoms. The number of halogens is 1. The van der Waals surface area contributed by atoms with Crippen molar-refractivity contribution in [2.75, 3.05) is 26.7 Å². The number of guanidine groups is 1. The predicted octanol–water partition coefficient (Wildman–Crippen LogP) is 1.53. The second kappa shape index (κ2) is 10.5. The van der Waals surface area contributed by atoms with Crippen LogP contribution in [0.1, 0.15) is 29.3 Å². The number of hydrogen-bond acceptors (Lipinski definition) is 4. The van der Waals surface area contributed by atoms with Crippen molar-refractivity contribution >= 4 is 47.7 Å². The smallest absolute Gasteiger partial charge is 0.251 e. The van der Waals surface area contributed by atoms with Crippen LogP contribution in [0.15, 0.2) is 41.4 Å². The van der Waals surface area contributed by atoms with Crippen molar-refractivity contribution in [3.05, 3.63) is 47.5 Å². The summed E-state index contributed by atoms with van der Waals surface area (Å²) in [5.74, 6) is 0.568. The molecule has 1 saturated heterocycles. The Hall–Kier alpha value is -2.43. The second-order valence-electron chi connectivity index (χ2n) is 8.23. The molecule has 172 valence electrons. The molecule has 1 aromatic rings. The predicted molar refractivity (Wildman–Crippen MR) is 133 cm³/mol. The van der Waals surface area contributed by atoms with Gasteiger partial charge in [0.05, 0.1) is 18.4 Å². The van der Waals surface area contributed by atoms with Crippen molar-refractivity contribution in [2.45, 2.75) is 19.9 Å². The van der Waals surface area contributed by atoms with Gasteiger partial charge < -0.3 is 16.0 Å². The normalized spacial score (nSPS) is 25.6. The Kier molecular flexibility index (Phi) is 7.91. The highest BCUT2D eigenvalue weighted by atomic mass is 127. The average Bonchev–Trinajstić information content (AvgIpc) is 3.46. The zero-order chi connectivity index (χ0) is 22.0. The number of nitrogens with one attached hydrogen (secondary N) is 3. The minimum Gasteiger partial charge on any atom is -0.357 e. The van der Waals surface area contributed by atoms with Crippen molar-refractivity contribution in [2.24, 2.45) is 28.7 Å². The van der Waals surface area contributed by atoms with Gasteiger partial charge in [-0.05, 0) is 42.9 Å². The first-order valence-electron chi connectivity index (χ1n) is 10.9. The Morgan fingerprint density at radius 2 is 1.81 bits per heavy atom. The van der Waals surface area contributed by atoms with Crippen molar-refractivity contribution in [3.63, 3.8) is 0 Å². The Morgan fingerprint density at radius 3 is 2.44 bits per heavy atom. The van der Waals surface area contributed by atoms with Crippen LogP contribution < -0.4 is 16.0 Å². The van der Waals surface area contributed by atoms with Gasteiger partial charge in [-0.3, -0.25) is 19.3 Å². The number of amides is 3. The molecule has 4 unspecified atom stereocenters. The molecule has 0 radical (unpaired) electrons. The molecule has 32 heavy (non-hydrogen) atoms. The number of hydrogen-bond donors (Lipinski definition) is 3. The molecule has 3 N–H and O–H groups in total. The van der Waals surface area contributed by atoms with Gasteiger partial charge in [0.1, 0.15) is 0 Å². The van der Waals surface area contributed by atoms with E-state index in [1.165, 1.54) is 4.90 Å². The minimum absolute atomic E-state index is 0. The van der Waals surface area contributed by atoms with E-state index < -0.39 is 0 Å². The first kappa shape index (κ1) is 24.2. The molecule has 1 heterocycles. The van der Waals surface area contributed by atoms with E-state index in [1.54, 1.807) is 13.1 Å². The lowest BCUT2D eigenvalue weighted by Gasteiger charge is -2.18. The fourth-order valence-corrected chi connectivity index (χ4v) is 4.94. The van der Waals surface area contributed by atoms with Gasteiger partial charge in [-0.25, -0.2) is 4.99 Å². The van der Waals surface area contributed by atoms with Crippen LogP contribution >= 0.6 is 24.0 Å². The Morgan fingerprint density at radius 1 is 1.12 bits per heavy atom. The Bertz CT molecular complexity index is 917. The summed E-state index contributed by atoms with van der Waals surface area (Å²) in [7, 11) is 1.60. The number of carbonyl (C=O) groups excluding carboxylic acids is 3. The van der Waals surface area contributed by atoms with E-state index in [2.05, 4.69) is 33.1 Å². The first-order chi connectivity index (χ1) is 15.0. The van der Waals surface area contributed by atoms with Crippen LogP contribution in [0.25, 0.3) is 0 Å². The molecule has 2 aliphatic carbocycles. The third-order valence-electron chi connectivity index (χ3n) is 6.37. The highest BCUT2D eigenvalue weighted by Crippen LogP contribution is 2.52. The van der Waals surface area contributed by atoms with E-state index in [-0.39, 0.29) is 65.4 Å². The van der Waals surface area contributed by atoms with E-state index in [4.69, 9.17) is 0 Å². The first-order valence-corrected chi connectivity index (χ1v) is 10.9. The van der Waals surface area contributed by atoms with E-state index in [0.717, 1.165) is 12.0 Å². The second-order valence-corrected chi connectivity index (χ2v) is 8.23. The van der Waals surface area contributed by atoms with Gasteiger partial charge >= 0.3 is 0 Å². The zero-order valence-electron chi connectivity index (χ0n) is 18.3. The van der Waals surface area contributed by atoms with Crippen LogP contribution in [0, 0.1) is 23.7 Å². The van der Waals surface area contributed by atoms with Crippen molar-refractivity contribution in [3.8, 4) is 0 Å². The fraction of sp³-hybridized carbons (Fsp3) is 0.478. The van der Waals surface area contributed by atoms with Crippen LogP contribution in [-0.4, -0.2) is 55.3 Å². The number of fused-ring (bicyclic) bond motifs is 5. The topological polar surface area (TPSA) is 103 Å². The molecular formula is C23H30IN5O3. The summed E-state index contributed by atoms with van der Waals surface area (Å²) < 4.78 is 0. The van der Waals surface area contributed by atoms with Gasteiger partial charge in [-0.2, -0.15) is 0 Å². The third-order valence-corrected chi connectivity index (χ3v) is 6.37. The third kappa shape index (κ3) is 4.67. The number of imide groups is 1. The number of rotatable bonds is 7. The lowest BCUT2D eigenvalue weighted by Crippen LogP contribution is -2.43. The van der Waals surface area contributed by atoms with Gasteiger partial charge in [0.25, 0.3) is 5.91 Å². The molecule has 1 aromatic carbocycles. The fourth-order valence-electron chi connectivity index (χ4n) is 4.94. The zero-order valence-corrected chi connectivity index (χ0v) is 20.7. The van der Waals surface area contributed by atoms with Crippen LogP contribution in [0.4, 0.5) is 0 Å². The van der Waals surface area contributed by atoms with Crippen molar-refractivity contribution in [1.82, 2.24) is 20.9 Å². The summed E-state index contributed by atoms with van der Waals surface area (Å²) in [5.41, 5.74) is 1.51. The lowest BCUT2D eigenvalue weighted by atomic mass is 9.85. The molecule has 1 saturated carbocycles. The van der Waals surface area contributed by atoms with E-state index in [1.807, 2.05) is 25.1 Å². The number of aliphatic imine (C=N–C) groups is 1.